The zero-order chi connectivity index (χ0) is 24.4. The van der Waals surface area contributed by atoms with Gasteiger partial charge in [0.05, 0.1) is 12.3 Å². The number of carbonyl (C=O) groups excluding carboxylic acids is 2. The molecule has 0 heterocycles. The molecule has 35 heavy (non-hydrogen) atoms. The first-order valence-corrected chi connectivity index (χ1v) is 12.6. The molecule has 5 rings (SSSR count). The second-order valence-corrected chi connectivity index (χ2v) is 9.99. The van der Waals surface area contributed by atoms with E-state index in [4.69, 9.17) is 9.84 Å². The lowest BCUT2D eigenvalue weighted by atomic mass is 9.98. The number of carbonyl (C=O) groups is 3. The average molecular weight is 477 g/mol. The third-order valence-electron chi connectivity index (χ3n) is 7.56. The number of carboxylic acids is 1. The van der Waals surface area contributed by atoms with Crippen molar-refractivity contribution in [1.29, 1.82) is 0 Å². The van der Waals surface area contributed by atoms with Gasteiger partial charge in [0.1, 0.15) is 6.61 Å². The molecule has 2 N–H and O–H groups in total. The van der Waals surface area contributed by atoms with Crippen molar-refractivity contribution >= 4 is 18.0 Å². The number of nitrogens with zero attached hydrogens (tertiary/aromatic N) is 1. The molecule has 0 bridgehead atoms. The van der Waals surface area contributed by atoms with Crippen molar-refractivity contribution in [3.05, 3.63) is 59.7 Å². The molecule has 7 nitrogen and oxygen atoms in total. The lowest BCUT2D eigenvalue weighted by molar-refractivity contribution is -0.140. The Morgan fingerprint density at radius 1 is 0.943 bits per heavy atom. The molecule has 0 aliphatic heterocycles. The first-order valence-electron chi connectivity index (χ1n) is 12.6. The van der Waals surface area contributed by atoms with E-state index in [1.54, 1.807) is 4.90 Å². The average Bonchev–Trinajstić information content (AvgIpc) is 3.47. The van der Waals surface area contributed by atoms with Crippen molar-refractivity contribution in [3.63, 3.8) is 0 Å². The van der Waals surface area contributed by atoms with Crippen LogP contribution in [0.5, 0.6) is 0 Å². The van der Waals surface area contributed by atoms with Gasteiger partial charge in [0.15, 0.2) is 0 Å². The van der Waals surface area contributed by atoms with Crippen LogP contribution < -0.4 is 5.32 Å². The van der Waals surface area contributed by atoms with Gasteiger partial charge in [-0.1, -0.05) is 55.0 Å². The highest BCUT2D eigenvalue weighted by molar-refractivity contribution is 5.82. The zero-order valence-electron chi connectivity index (χ0n) is 19.8. The van der Waals surface area contributed by atoms with Crippen LogP contribution in [0.15, 0.2) is 48.5 Å². The molecule has 2 amide bonds. The van der Waals surface area contributed by atoms with Crippen LogP contribution in [0.1, 0.15) is 55.6 Å². The van der Waals surface area contributed by atoms with Crippen molar-refractivity contribution in [2.75, 3.05) is 19.7 Å². The fraction of sp³-hybridized carbons (Fsp3) is 0.464. The summed E-state index contributed by atoms with van der Waals surface area (Å²) < 4.78 is 5.69. The summed E-state index contributed by atoms with van der Waals surface area (Å²) in [5, 5.41) is 12.0. The zero-order valence-corrected chi connectivity index (χ0v) is 19.8. The molecule has 0 radical (unpaired) electrons. The third-order valence-corrected chi connectivity index (χ3v) is 7.56. The van der Waals surface area contributed by atoms with Crippen LogP contribution in [0.25, 0.3) is 11.1 Å². The van der Waals surface area contributed by atoms with Crippen LogP contribution in [0, 0.1) is 11.8 Å². The molecular formula is C28H32N2O5. The van der Waals surface area contributed by atoms with Gasteiger partial charge in [0.2, 0.25) is 5.91 Å². The molecule has 2 aromatic rings. The lowest BCUT2D eigenvalue weighted by Crippen LogP contribution is -2.47. The maximum atomic E-state index is 13.3. The van der Waals surface area contributed by atoms with E-state index in [1.165, 1.54) is 11.1 Å². The summed E-state index contributed by atoms with van der Waals surface area (Å²) in [5.74, 6) is -0.817. The number of rotatable bonds is 9. The topological polar surface area (TPSA) is 95.9 Å². The Morgan fingerprint density at radius 3 is 2.23 bits per heavy atom. The maximum absolute atomic E-state index is 13.3. The summed E-state index contributed by atoms with van der Waals surface area (Å²) in [4.78, 5) is 38.9. The van der Waals surface area contributed by atoms with Gasteiger partial charge in [-0.25, -0.2) is 4.79 Å². The molecule has 184 valence electrons. The summed E-state index contributed by atoms with van der Waals surface area (Å²) in [6.45, 7) is 1.07. The van der Waals surface area contributed by atoms with Crippen LogP contribution in [0.2, 0.25) is 0 Å². The van der Waals surface area contributed by atoms with Crippen LogP contribution in [-0.2, 0) is 14.3 Å². The molecule has 2 saturated carbocycles. The Labute approximate surface area is 205 Å². The van der Waals surface area contributed by atoms with Gasteiger partial charge in [0, 0.05) is 25.0 Å². The summed E-state index contributed by atoms with van der Waals surface area (Å²) in [7, 11) is 0. The van der Waals surface area contributed by atoms with Gasteiger partial charge in [-0.3, -0.25) is 9.59 Å². The Hall–Kier alpha value is -3.35. The highest BCUT2D eigenvalue weighted by atomic mass is 16.5. The van der Waals surface area contributed by atoms with Gasteiger partial charge < -0.3 is 20.1 Å². The SMILES string of the molecule is O=C(O)CCN(CC1CC1)C(=O)[C@@H]1CCC[C@@H]1NC(=O)OCC1c2ccccc2-c2ccccc21. The Bertz CT molecular complexity index is 1070. The summed E-state index contributed by atoms with van der Waals surface area (Å²) in [6, 6.07) is 16.1. The van der Waals surface area contributed by atoms with Crippen LogP contribution in [0.4, 0.5) is 4.79 Å². The van der Waals surface area contributed by atoms with Gasteiger partial charge in [-0.2, -0.15) is 0 Å². The largest absolute Gasteiger partial charge is 0.481 e. The van der Waals surface area contributed by atoms with Gasteiger partial charge in [-0.15, -0.1) is 0 Å². The highest BCUT2D eigenvalue weighted by Crippen LogP contribution is 2.44. The molecule has 7 heteroatoms. The summed E-state index contributed by atoms with van der Waals surface area (Å²) in [5.41, 5.74) is 4.67. The standard InChI is InChI=1S/C28H32N2O5/c31-26(32)14-15-30(16-18-12-13-18)27(33)23-10-5-11-25(23)29-28(34)35-17-24-21-8-3-1-6-19(21)20-7-2-4-9-22(20)24/h1-4,6-9,18,23-25H,5,10-17H2,(H,29,34)(H,31,32)/t23-,25+/m1/s1. The van der Waals surface area contributed by atoms with E-state index in [2.05, 4.69) is 29.6 Å². The summed E-state index contributed by atoms with van der Waals surface area (Å²) >= 11 is 0. The molecule has 3 aliphatic carbocycles. The van der Waals surface area contributed by atoms with E-state index in [1.807, 2.05) is 24.3 Å². The van der Waals surface area contributed by atoms with Gasteiger partial charge in [-0.05, 0) is 53.9 Å². The van der Waals surface area contributed by atoms with Gasteiger partial charge in [0.25, 0.3) is 0 Å². The molecular weight excluding hydrogens is 444 g/mol. The second-order valence-electron chi connectivity index (χ2n) is 9.99. The van der Waals surface area contributed by atoms with E-state index < -0.39 is 12.1 Å². The highest BCUT2D eigenvalue weighted by Gasteiger charge is 2.38. The maximum Gasteiger partial charge on any atom is 0.407 e. The smallest absolute Gasteiger partial charge is 0.407 e. The van der Waals surface area contributed by atoms with Crippen LogP contribution >= 0.6 is 0 Å². The predicted octanol–water partition coefficient (Wildman–Crippen LogP) is 4.41. The number of hydrogen-bond acceptors (Lipinski definition) is 4. The van der Waals surface area contributed by atoms with Crippen molar-refractivity contribution in [1.82, 2.24) is 10.2 Å². The minimum Gasteiger partial charge on any atom is -0.481 e. The van der Waals surface area contributed by atoms with Gasteiger partial charge >= 0.3 is 12.1 Å². The molecule has 2 aromatic carbocycles. The number of fused-ring (bicyclic) bond motifs is 3. The molecule has 3 aliphatic rings. The predicted molar refractivity (Wildman–Crippen MR) is 131 cm³/mol. The fourth-order valence-electron chi connectivity index (χ4n) is 5.59. The molecule has 0 spiro atoms. The first-order chi connectivity index (χ1) is 17.0. The van der Waals surface area contributed by atoms with E-state index in [0.717, 1.165) is 36.8 Å². The van der Waals surface area contributed by atoms with Crippen molar-refractivity contribution in [2.45, 2.75) is 50.5 Å². The Kier molecular flexibility index (Phi) is 6.75. The molecule has 2 atom stereocenters. The molecule has 0 unspecified atom stereocenters. The van der Waals surface area contributed by atoms with Crippen LogP contribution in [-0.4, -0.2) is 53.7 Å². The van der Waals surface area contributed by atoms with E-state index >= 15 is 0 Å². The quantitative estimate of drug-likeness (QED) is 0.559. The second kappa shape index (κ2) is 10.1. The van der Waals surface area contributed by atoms with Crippen LogP contribution in [0.3, 0.4) is 0 Å². The number of benzene rings is 2. The minimum atomic E-state index is -0.904. The summed E-state index contributed by atoms with van der Waals surface area (Å²) in [6.07, 6.45) is 3.87. The van der Waals surface area contributed by atoms with E-state index in [0.29, 0.717) is 18.9 Å². The van der Waals surface area contributed by atoms with Crippen molar-refractivity contribution < 1.29 is 24.2 Å². The normalized spacial score (nSPS) is 20.7. The van der Waals surface area contributed by atoms with Crippen molar-refractivity contribution in [3.8, 4) is 11.1 Å². The Morgan fingerprint density at radius 2 is 1.60 bits per heavy atom. The minimum absolute atomic E-state index is 0.0146. The Balaban J connectivity index is 1.20. The number of nitrogens with one attached hydrogen (secondary N) is 1. The number of aliphatic carboxylic acids is 1. The number of alkyl carbamates (subject to hydrolysis) is 1. The van der Waals surface area contributed by atoms with Crippen molar-refractivity contribution in [2.24, 2.45) is 11.8 Å². The number of amides is 2. The molecule has 0 saturated heterocycles. The first kappa shape index (κ1) is 23.4. The fourth-order valence-corrected chi connectivity index (χ4v) is 5.59. The van der Waals surface area contributed by atoms with E-state index in [-0.39, 0.29) is 43.4 Å². The number of carboxylic acid groups (broad SMARTS) is 1. The third kappa shape index (κ3) is 5.19. The number of hydrogen-bond donors (Lipinski definition) is 2. The monoisotopic (exact) mass is 476 g/mol. The lowest BCUT2D eigenvalue weighted by Gasteiger charge is -2.28. The molecule has 0 aromatic heterocycles. The number of ether oxygens (including phenoxy) is 1. The van der Waals surface area contributed by atoms with E-state index in [9.17, 15) is 14.4 Å². The molecule has 2 fully saturated rings.